The van der Waals surface area contributed by atoms with Gasteiger partial charge in [0.15, 0.2) is 5.82 Å². The first-order valence-corrected chi connectivity index (χ1v) is 6.22. The van der Waals surface area contributed by atoms with Gasteiger partial charge in [-0.1, -0.05) is 35.0 Å². The fourth-order valence-corrected chi connectivity index (χ4v) is 2.04. The van der Waals surface area contributed by atoms with Crippen molar-refractivity contribution in [1.82, 2.24) is 15.2 Å². The van der Waals surface area contributed by atoms with Crippen LogP contribution in [0.4, 0.5) is 0 Å². The zero-order chi connectivity index (χ0) is 11.4. The number of H-pyrrole nitrogens is 1. The molecule has 4 heteroatoms. The van der Waals surface area contributed by atoms with Crippen molar-refractivity contribution in [3.05, 3.63) is 46.0 Å². The molecule has 0 saturated heterocycles. The van der Waals surface area contributed by atoms with Gasteiger partial charge in [-0.15, -0.1) is 0 Å². The molecular weight excluding hydrogens is 266 g/mol. The number of benzene rings is 1. The lowest BCUT2D eigenvalue weighted by atomic mass is 10.1. The molecule has 1 aromatic carbocycles. The van der Waals surface area contributed by atoms with E-state index in [0.29, 0.717) is 0 Å². The highest BCUT2D eigenvalue weighted by atomic mass is 79.9. The quantitative estimate of drug-likeness (QED) is 0.935. The number of aryl methyl sites for hydroxylation is 1. The number of halogens is 1. The summed E-state index contributed by atoms with van der Waals surface area (Å²) in [5.41, 5.74) is 1.23. The van der Waals surface area contributed by atoms with Gasteiger partial charge in [0.25, 0.3) is 0 Å². The smallest absolute Gasteiger partial charge is 0.150 e. The van der Waals surface area contributed by atoms with Crippen LogP contribution in [0.5, 0.6) is 0 Å². The van der Waals surface area contributed by atoms with Gasteiger partial charge in [0.1, 0.15) is 5.82 Å². The van der Waals surface area contributed by atoms with Crippen LogP contribution in [-0.4, -0.2) is 15.2 Å². The Morgan fingerprint density at radius 3 is 3.00 bits per heavy atom. The van der Waals surface area contributed by atoms with E-state index >= 15 is 0 Å². The second-order valence-electron chi connectivity index (χ2n) is 3.76. The summed E-state index contributed by atoms with van der Waals surface area (Å²) in [4.78, 5) is 4.44. The molecule has 1 heterocycles. The second-order valence-corrected chi connectivity index (χ2v) is 4.67. The zero-order valence-corrected chi connectivity index (χ0v) is 10.8. The number of aromatic nitrogens is 3. The van der Waals surface area contributed by atoms with Crippen LogP contribution in [-0.2, 0) is 12.8 Å². The first-order chi connectivity index (χ1) is 7.78. The Hall–Kier alpha value is -1.16. The van der Waals surface area contributed by atoms with Gasteiger partial charge in [-0.25, -0.2) is 4.98 Å². The van der Waals surface area contributed by atoms with Crippen LogP contribution in [0, 0.1) is 0 Å². The van der Waals surface area contributed by atoms with Gasteiger partial charge in [-0.05, 0) is 24.1 Å². The Kier molecular flexibility index (Phi) is 3.72. The third-order valence-electron chi connectivity index (χ3n) is 2.31. The van der Waals surface area contributed by atoms with Gasteiger partial charge in [-0.3, -0.25) is 5.10 Å². The maximum absolute atomic E-state index is 4.44. The molecule has 2 rings (SSSR count). The van der Waals surface area contributed by atoms with Gasteiger partial charge in [0.2, 0.25) is 0 Å². The van der Waals surface area contributed by atoms with E-state index in [2.05, 4.69) is 50.2 Å². The molecular formula is C12H14BrN3. The third-order valence-corrected chi connectivity index (χ3v) is 2.81. The van der Waals surface area contributed by atoms with Crippen LogP contribution in [0.25, 0.3) is 0 Å². The van der Waals surface area contributed by atoms with E-state index in [1.807, 2.05) is 12.1 Å². The highest BCUT2D eigenvalue weighted by Gasteiger charge is 2.03. The van der Waals surface area contributed by atoms with Crippen molar-refractivity contribution in [3.63, 3.8) is 0 Å². The molecule has 1 N–H and O–H groups in total. The molecule has 0 aliphatic carbocycles. The van der Waals surface area contributed by atoms with Gasteiger partial charge < -0.3 is 0 Å². The van der Waals surface area contributed by atoms with Gasteiger partial charge in [-0.2, -0.15) is 5.10 Å². The number of nitrogens with one attached hydrogen (secondary N) is 1. The maximum Gasteiger partial charge on any atom is 0.150 e. The minimum absolute atomic E-state index is 0.802. The van der Waals surface area contributed by atoms with E-state index in [0.717, 1.165) is 35.4 Å². The van der Waals surface area contributed by atoms with Gasteiger partial charge >= 0.3 is 0 Å². The number of hydrogen-bond donors (Lipinski definition) is 1. The Labute approximate surface area is 103 Å². The molecule has 3 nitrogen and oxygen atoms in total. The molecule has 0 radical (unpaired) electrons. The molecule has 0 aliphatic rings. The van der Waals surface area contributed by atoms with Crippen LogP contribution in [0.2, 0.25) is 0 Å². The van der Waals surface area contributed by atoms with E-state index in [-0.39, 0.29) is 0 Å². The van der Waals surface area contributed by atoms with Crippen molar-refractivity contribution in [2.24, 2.45) is 0 Å². The minimum Gasteiger partial charge on any atom is -0.263 e. The molecule has 0 atom stereocenters. The predicted octanol–water partition coefficient (Wildman–Crippen LogP) is 3.11. The summed E-state index contributed by atoms with van der Waals surface area (Å²) in [5.74, 6) is 1.84. The van der Waals surface area contributed by atoms with Gasteiger partial charge in [0, 0.05) is 17.3 Å². The molecule has 2 aromatic rings. The van der Waals surface area contributed by atoms with Crippen molar-refractivity contribution < 1.29 is 0 Å². The highest BCUT2D eigenvalue weighted by Crippen LogP contribution is 2.13. The summed E-state index contributed by atoms with van der Waals surface area (Å²) in [7, 11) is 0. The number of nitrogens with zero attached hydrogens (tertiary/aromatic N) is 2. The molecule has 0 saturated carbocycles. The summed E-state index contributed by atoms with van der Waals surface area (Å²) in [6.07, 6.45) is 2.82. The molecule has 0 fully saturated rings. The number of rotatable bonds is 4. The lowest BCUT2D eigenvalue weighted by Crippen LogP contribution is -1.91. The monoisotopic (exact) mass is 279 g/mol. The van der Waals surface area contributed by atoms with Crippen LogP contribution >= 0.6 is 15.9 Å². The fraction of sp³-hybridized carbons (Fsp3) is 0.333. The summed E-state index contributed by atoms with van der Waals surface area (Å²) in [6, 6.07) is 8.24. The minimum atomic E-state index is 0.802. The molecule has 84 valence electrons. The standard InChI is InChI=1S/C12H14BrN3/c1-2-4-11-14-12(16-15-11)8-9-5-3-6-10(13)7-9/h3,5-7H,2,4,8H2,1H3,(H,14,15,16). The first kappa shape index (κ1) is 11.3. The summed E-state index contributed by atoms with van der Waals surface area (Å²) in [5, 5.41) is 7.16. The summed E-state index contributed by atoms with van der Waals surface area (Å²) >= 11 is 3.46. The second kappa shape index (κ2) is 5.25. The van der Waals surface area contributed by atoms with E-state index in [1.54, 1.807) is 0 Å². The molecule has 1 aromatic heterocycles. The normalized spacial score (nSPS) is 10.6. The maximum atomic E-state index is 4.44. The molecule has 0 aliphatic heterocycles. The summed E-state index contributed by atoms with van der Waals surface area (Å²) in [6.45, 7) is 2.13. The molecule has 0 unspecified atom stereocenters. The fourth-order valence-electron chi connectivity index (χ4n) is 1.59. The predicted molar refractivity (Wildman–Crippen MR) is 67.3 cm³/mol. The van der Waals surface area contributed by atoms with Crippen molar-refractivity contribution in [2.45, 2.75) is 26.2 Å². The largest absolute Gasteiger partial charge is 0.263 e. The van der Waals surface area contributed by atoms with Crippen LogP contribution in [0.3, 0.4) is 0 Å². The topological polar surface area (TPSA) is 41.6 Å². The van der Waals surface area contributed by atoms with Crippen molar-refractivity contribution in [2.75, 3.05) is 0 Å². The van der Waals surface area contributed by atoms with E-state index in [4.69, 9.17) is 0 Å². The average molecular weight is 280 g/mol. The average Bonchev–Trinajstić information content (AvgIpc) is 2.66. The Bertz CT molecular complexity index is 465. The SMILES string of the molecule is CCCc1n[nH]c(Cc2cccc(Br)c2)n1. The van der Waals surface area contributed by atoms with E-state index in [1.165, 1.54) is 5.56 Å². The Balaban J connectivity index is 2.08. The van der Waals surface area contributed by atoms with Crippen molar-refractivity contribution in [1.29, 1.82) is 0 Å². The number of aromatic amines is 1. The molecule has 0 bridgehead atoms. The number of hydrogen-bond acceptors (Lipinski definition) is 2. The van der Waals surface area contributed by atoms with Crippen LogP contribution < -0.4 is 0 Å². The Morgan fingerprint density at radius 2 is 2.25 bits per heavy atom. The van der Waals surface area contributed by atoms with Crippen LogP contribution in [0.15, 0.2) is 28.7 Å². The van der Waals surface area contributed by atoms with Gasteiger partial charge in [0.05, 0.1) is 0 Å². The molecule has 0 amide bonds. The van der Waals surface area contributed by atoms with Crippen molar-refractivity contribution >= 4 is 15.9 Å². The first-order valence-electron chi connectivity index (χ1n) is 5.42. The summed E-state index contributed by atoms with van der Waals surface area (Å²) < 4.78 is 1.10. The molecule has 0 spiro atoms. The lowest BCUT2D eigenvalue weighted by molar-refractivity contribution is 0.841. The van der Waals surface area contributed by atoms with E-state index in [9.17, 15) is 0 Å². The van der Waals surface area contributed by atoms with E-state index < -0.39 is 0 Å². The molecule has 16 heavy (non-hydrogen) atoms. The van der Waals surface area contributed by atoms with Crippen LogP contribution in [0.1, 0.15) is 30.6 Å². The lowest BCUT2D eigenvalue weighted by Gasteiger charge is -1.98. The Morgan fingerprint density at radius 1 is 1.38 bits per heavy atom. The zero-order valence-electron chi connectivity index (χ0n) is 9.20. The highest BCUT2D eigenvalue weighted by molar-refractivity contribution is 9.10. The van der Waals surface area contributed by atoms with Crippen molar-refractivity contribution in [3.8, 4) is 0 Å². The third kappa shape index (κ3) is 2.92.